The summed E-state index contributed by atoms with van der Waals surface area (Å²) in [5, 5.41) is -0.481. The zero-order valence-corrected chi connectivity index (χ0v) is 10.2. The number of imide groups is 1. The van der Waals surface area contributed by atoms with Gasteiger partial charge < -0.3 is 10.5 Å². The first-order chi connectivity index (χ1) is 8.11. The number of carbonyl (C=O) groups is 2. The summed E-state index contributed by atoms with van der Waals surface area (Å²) in [7, 11) is 0.319. The van der Waals surface area contributed by atoms with Gasteiger partial charge in [0.2, 0.25) is 11.8 Å². The van der Waals surface area contributed by atoms with Crippen LogP contribution in [-0.4, -0.2) is 29.3 Å². The zero-order chi connectivity index (χ0) is 12.4. The molecule has 1 aromatic carbocycles. The topological polar surface area (TPSA) is 63.4 Å². The van der Waals surface area contributed by atoms with Gasteiger partial charge in [-0.05, 0) is 5.56 Å². The number of benzene rings is 1. The maximum Gasteiger partial charge on any atom is 0.283 e. The summed E-state index contributed by atoms with van der Waals surface area (Å²) in [5.74, 6) is -0.362. The lowest BCUT2D eigenvalue weighted by atomic mass is 9.80. The first-order valence-corrected chi connectivity index (χ1v) is 5.93. The van der Waals surface area contributed by atoms with Crippen molar-refractivity contribution in [3.63, 3.8) is 0 Å². The Morgan fingerprint density at radius 2 is 2.00 bits per heavy atom. The highest BCUT2D eigenvalue weighted by Crippen LogP contribution is 2.16. The molecule has 6 heteroatoms. The number of nitrogens with two attached hydrogens (primary N) is 1. The molecule has 4 nitrogen and oxygen atoms in total. The number of hydrogen-bond donors (Lipinski definition) is 2. The van der Waals surface area contributed by atoms with E-state index >= 15 is 0 Å². The third-order valence-electron chi connectivity index (χ3n) is 2.82. The van der Waals surface area contributed by atoms with Crippen molar-refractivity contribution < 1.29 is 9.59 Å². The molecule has 1 fully saturated rings. The highest BCUT2D eigenvalue weighted by molar-refractivity contribution is 7.81. The molecule has 17 heavy (non-hydrogen) atoms. The molecule has 1 heterocycles. The van der Waals surface area contributed by atoms with Gasteiger partial charge in [-0.25, -0.2) is 0 Å². The normalized spacial score (nSPS) is 19.9. The average Bonchev–Trinajstić information content (AvgIpc) is 2.57. The molecule has 0 radical (unpaired) electrons. The van der Waals surface area contributed by atoms with Gasteiger partial charge in [0.15, 0.2) is 0 Å². The minimum Gasteiger partial charge on any atom is -0.327 e. The van der Waals surface area contributed by atoms with Crippen LogP contribution in [0, 0.1) is 0 Å². The first-order valence-electron chi connectivity index (χ1n) is 5.42. The molecule has 0 aromatic heterocycles. The lowest BCUT2D eigenvalue weighted by molar-refractivity contribution is -0.132. The smallest absolute Gasteiger partial charge is 0.283 e. The molecule has 1 unspecified atom stereocenters. The van der Waals surface area contributed by atoms with Gasteiger partial charge in [0.25, 0.3) is 7.41 Å². The van der Waals surface area contributed by atoms with Crippen molar-refractivity contribution in [1.29, 1.82) is 0 Å². The Balaban J connectivity index is 2.10. The third kappa shape index (κ3) is 2.53. The third-order valence-corrected chi connectivity index (χ3v) is 3.22. The van der Waals surface area contributed by atoms with E-state index in [9.17, 15) is 9.59 Å². The van der Waals surface area contributed by atoms with E-state index in [1.54, 1.807) is 0 Å². The second-order valence-electron chi connectivity index (χ2n) is 4.06. The Bertz CT molecular complexity index is 449. The van der Waals surface area contributed by atoms with Gasteiger partial charge in [0, 0.05) is 13.0 Å². The summed E-state index contributed by atoms with van der Waals surface area (Å²) < 4.78 is 0. The van der Waals surface area contributed by atoms with Gasteiger partial charge in [0.05, 0.1) is 5.25 Å². The molecule has 0 saturated carbocycles. The lowest BCUT2D eigenvalue weighted by Crippen LogP contribution is -2.40. The largest absolute Gasteiger partial charge is 0.327 e. The Morgan fingerprint density at radius 3 is 2.47 bits per heavy atom. The van der Waals surface area contributed by atoms with Gasteiger partial charge in [-0.1, -0.05) is 29.7 Å². The lowest BCUT2D eigenvalue weighted by Gasteiger charge is -2.13. The number of thiol groups is 1. The van der Waals surface area contributed by atoms with E-state index in [1.165, 1.54) is 4.81 Å². The van der Waals surface area contributed by atoms with E-state index in [4.69, 9.17) is 5.73 Å². The highest BCUT2D eigenvalue weighted by atomic mass is 32.1. The molecule has 1 saturated heterocycles. The fourth-order valence-corrected chi connectivity index (χ4v) is 2.09. The van der Waals surface area contributed by atoms with Gasteiger partial charge >= 0.3 is 0 Å². The zero-order valence-electron chi connectivity index (χ0n) is 9.30. The fourth-order valence-electron chi connectivity index (χ4n) is 1.80. The molecule has 1 atom stereocenters. The van der Waals surface area contributed by atoms with Crippen molar-refractivity contribution in [1.82, 2.24) is 4.81 Å². The van der Waals surface area contributed by atoms with Crippen molar-refractivity contribution in [2.45, 2.75) is 18.2 Å². The highest BCUT2D eigenvalue weighted by Gasteiger charge is 2.36. The first kappa shape index (κ1) is 12.2. The predicted molar refractivity (Wildman–Crippen MR) is 70.4 cm³/mol. The van der Waals surface area contributed by atoms with Crippen LogP contribution in [0.2, 0.25) is 0 Å². The van der Waals surface area contributed by atoms with Crippen molar-refractivity contribution in [3.8, 4) is 0 Å². The van der Waals surface area contributed by atoms with Gasteiger partial charge in [-0.2, -0.15) is 12.6 Å². The second kappa shape index (κ2) is 4.93. The number of amides is 2. The summed E-state index contributed by atoms with van der Waals surface area (Å²) >= 11 is 4.08. The molecule has 2 rings (SSSR count). The van der Waals surface area contributed by atoms with E-state index in [2.05, 4.69) is 12.6 Å². The Labute approximate surface area is 106 Å². The minimum atomic E-state index is -0.481. The maximum absolute atomic E-state index is 11.7. The van der Waals surface area contributed by atoms with Gasteiger partial charge in [-0.15, -0.1) is 0 Å². The van der Waals surface area contributed by atoms with E-state index < -0.39 is 5.25 Å². The Kier molecular flexibility index (Phi) is 3.54. The van der Waals surface area contributed by atoms with Crippen LogP contribution in [0.5, 0.6) is 0 Å². The van der Waals surface area contributed by atoms with Crippen LogP contribution in [0.15, 0.2) is 24.3 Å². The number of nitrogens with zero attached hydrogens (tertiary/aromatic N) is 1. The molecule has 2 amide bonds. The average molecular weight is 248 g/mol. The minimum absolute atomic E-state index is 0.155. The van der Waals surface area contributed by atoms with Crippen molar-refractivity contribution in [2.75, 3.05) is 0 Å². The van der Waals surface area contributed by atoms with Crippen molar-refractivity contribution >= 4 is 37.3 Å². The molecular weight excluding hydrogens is 235 g/mol. The summed E-state index contributed by atoms with van der Waals surface area (Å²) in [4.78, 5) is 24.5. The predicted octanol–water partition coefficient (Wildman–Crippen LogP) is -0.821. The molecular formula is C11H13BN2O2S. The van der Waals surface area contributed by atoms with E-state index in [-0.39, 0.29) is 18.2 Å². The molecule has 1 aromatic rings. The summed E-state index contributed by atoms with van der Waals surface area (Å²) in [6, 6.07) is 7.57. The van der Waals surface area contributed by atoms with Crippen LogP contribution >= 0.6 is 12.6 Å². The van der Waals surface area contributed by atoms with E-state index in [0.717, 1.165) is 11.0 Å². The van der Waals surface area contributed by atoms with Crippen molar-refractivity contribution in [2.24, 2.45) is 5.73 Å². The van der Waals surface area contributed by atoms with Crippen LogP contribution in [0.25, 0.3) is 0 Å². The molecule has 2 N–H and O–H groups in total. The standard InChI is InChI=1S/C11H13BN2O2S/c13-6-7-1-3-8(4-2-7)12-14-10(15)5-9(17)11(14)16/h1-4,9,12,17H,5-6,13H2. The van der Waals surface area contributed by atoms with E-state index in [0.29, 0.717) is 14.0 Å². The molecule has 88 valence electrons. The maximum atomic E-state index is 11.7. The van der Waals surface area contributed by atoms with Gasteiger partial charge in [-0.3, -0.25) is 9.59 Å². The summed E-state index contributed by atoms with van der Waals surface area (Å²) in [6.07, 6.45) is 0.197. The molecule has 1 aliphatic heterocycles. The number of hydrogen-bond acceptors (Lipinski definition) is 4. The molecule has 0 bridgehead atoms. The fraction of sp³-hybridized carbons (Fsp3) is 0.273. The number of carbonyl (C=O) groups excluding carboxylic acids is 2. The summed E-state index contributed by atoms with van der Waals surface area (Å²) in [5.41, 5.74) is 7.45. The molecule has 1 aliphatic rings. The van der Waals surface area contributed by atoms with Crippen LogP contribution in [0.3, 0.4) is 0 Å². The summed E-state index contributed by atoms with van der Waals surface area (Å²) in [6.45, 7) is 0.487. The molecule has 0 aliphatic carbocycles. The molecule has 0 spiro atoms. The SMILES string of the molecule is NCc1ccc(BN2C(=O)CC(S)C2=O)cc1. The van der Waals surface area contributed by atoms with E-state index in [1.807, 2.05) is 24.3 Å². The van der Waals surface area contributed by atoms with Gasteiger partial charge in [0.1, 0.15) is 0 Å². The van der Waals surface area contributed by atoms with Crippen LogP contribution in [0.1, 0.15) is 12.0 Å². The van der Waals surface area contributed by atoms with Crippen LogP contribution in [-0.2, 0) is 16.1 Å². The van der Waals surface area contributed by atoms with Crippen molar-refractivity contribution in [3.05, 3.63) is 29.8 Å². The monoisotopic (exact) mass is 248 g/mol. The number of rotatable bonds is 3. The Hall–Kier alpha value is -1.27. The quantitative estimate of drug-likeness (QED) is 0.417. The van der Waals surface area contributed by atoms with Crippen LogP contribution in [0.4, 0.5) is 0 Å². The second-order valence-corrected chi connectivity index (χ2v) is 4.68. The van der Waals surface area contributed by atoms with Crippen LogP contribution < -0.4 is 11.2 Å². The Morgan fingerprint density at radius 1 is 1.35 bits per heavy atom.